The van der Waals surface area contributed by atoms with Crippen LogP contribution in [0.4, 0.5) is 0 Å². The van der Waals surface area contributed by atoms with Crippen LogP contribution in [0.5, 0.6) is 0 Å². The Labute approximate surface area is 109 Å². The first-order valence-electron chi connectivity index (χ1n) is 5.48. The highest BCUT2D eigenvalue weighted by Gasteiger charge is 2.11. The quantitative estimate of drug-likeness (QED) is 0.625. The molecule has 1 heterocycles. The van der Waals surface area contributed by atoms with Gasteiger partial charge in [0.2, 0.25) is 0 Å². The maximum atomic E-state index is 11.4. The Bertz CT molecular complexity index is 537. The molecule has 0 saturated carbocycles. The number of thioether (sulfide) groups is 1. The predicted molar refractivity (Wildman–Crippen MR) is 69.1 cm³/mol. The van der Waals surface area contributed by atoms with Crippen molar-refractivity contribution in [3.05, 3.63) is 36.2 Å². The van der Waals surface area contributed by atoms with Gasteiger partial charge in [0.15, 0.2) is 5.69 Å². The fourth-order valence-corrected chi connectivity index (χ4v) is 1.81. The van der Waals surface area contributed by atoms with Crippen molar-refractivity contribution in [2.24, 2.45) is 0 Å². The Morgan fingerprint density at radius 3 is 2.72 bits per heavy atom. The fourth-order valence-electron chi connectivity index (χ4n) is 1.40. The lowest BCUT2D eigenvalue weighted by atomic mass is 10.3. The molecule has 0 spiro atoms. The minimum atomic E-state index is -0.454. The van der Waals surface area contributed by atoms with Crippen molar-refractivity contribution in [3.8, 4) is 5.69 Å². The third kappa shape index (κ3) is 2.70. The molecule has 0 bridgehead atoms. The molecule has 5 nitrogen and oxygen atoms in total. The van der Waals surface area contributed by atoms with Crippen LogP contribution in [0.1, 0.15) is 17.4 Å². The minimum Gasteiger partial charge on any atom is -0.461 e. The van der Waals surface area contributed by atoms with E-state index in [1.807, 2.05) is 30.5 Å². The smallest absolute Gasteiger partial charge is 0.360 e. The molecule has 94 valence electrons. The van der Waals surface area contributed by atoms with Crippen LogP contribution in [0.2, 0.25) is 0 Å². The van der Waals surface area contributed by atoms with Gasteiger partial charge in [-0.15, -0.1) is 16.9 Å². The van der Waals surface area contributed by atoms with Crippen molar-refractivity contribution < 1.29 is 9.53 Å². The number of benzene rings is 1. The van der Waals surface area contributed by atoms with Crippen LogP contribution in [0, 0.1) is 0 Å². The maximum absolute atomic E-state index is 11.4. The van der Waals surface area contributed by atoms with Crippen LogP contribution < -0.4 is 0 Å². The van der Waals surface area contributed by atoms with Crippen LogP contribution in [0.3, 0.4) is 0 Å². The second-order valence-corrected chi connectivity index (χ2v) is 4.32. The molecule has 2 rings (SSSR count). The van der Waals surface area contributed by atoms with Crippen LogP contribution in [0.25, 0.3) is 5.69 Å². The van der Waals surface area contributed by atoms with E-state index in [4.69, 9.17) is 4.74 Å². The molecule has 1 aromatic carbocycles. The molecule has 0 aliphatic heterocycles. The zero-order chi connectivity index (χ0) is 13.0. The molecule has 0 N–H and O–H groups in total. The minimum absolute atomic E-state index is 0.214. The highest BCUT2D eigenvalue weighted by atomic mass is 32.2. The van der Waals surface area contributed by atoms with E-state index in [1.54, 1.807) is 18.7 Å². The van der Waals surface area contributed by atoms with Crippen LogP contribution in [-0.2, 0) is 4.74 Å². The summed E-state index contributed by atoms with van der Waals surface area (Å²) < 4.78 is 4.86. The summed E-state index contributed by atoms with van der Waals surface area (Å²) in [5.41, 5.74) is 1.02. The van der Waals surface area contributed by atoms with E-state index in [0.29, 0.717) is 6.61 Å². The Morgan fingerprint density at radius 2 is 2.11 bits per heavy atom. The molecular weight excluding hydrogens is 250 g/mol. The molecule has 0 aliphatic rings. The van der Waals surface area contributed by atoms with E-state index < -0.39 is 5.97 Å². The number of carbonyl (C=O) groups is 1. The van der Waals surface area contributed by atoms with Crippen LogP contribution in [0.15, 0.2) is 35.4 Å². The molecule has 0 fully saturated rings. The van der Waals surface area contributed by atoms with E-state index in [2.05, 4.69) is 10.2 Å². The Hall–Kier alpha value is -1.82. The van der Waals surface area contributed by atoms with Gasteiger partial charge in [-0.25, -0.2) is 4.79 Å². The molecule has 0 aliphatic carbocycles. The lowest BCUT2D eigenvalue weighted by molar-refractivity contribution is 0.0519. The van der Waals surface area contributed by atoms with Crippen molar-refractivity contribution in [1.82, 2.24) is 15.0 Å². The molecule has 1 aromatic heterocycles. The van der Waals surface area contributed by atoms with Crippen molar-refractivity contribution in [3.63, 3.8) is 0 Å². The maximum Gasteiger partial charge on any atom is 0.360 e. The number of rotatable bonds is 4. The zero-order valence-corrected chi connectivity index (χ0v) is 11.0. The molecule has 2 aromatic rings. The number of aromatic nitrogens is 3. The molecule has 0 unspecified atom stereocenters. The van der Waals surface area contributed by atoms with E-state index >= 15 is 0 Å². The number of hydrogen-bond donors (Lipinski definition) is 0. The van der Waals surface area contributed by atoms with Gasteiger partial charge >= 0.3 is 5.97 Å². The van der Waals surface area contributed by atoms with Gasteiger partial charge in [-0.3, -0.25) is 0 Å². The average molecular weight is 263 g/mol. The van der Waals surface area contributed by atoms with Gasteiger partial charge in [0.05, 0.1) is 18.5 Å². The summed E-state index contributed by atoms with van der Waals surface area (Å²) in [6.45, 7) is 2.08. The largest absolute Gasteiger partial charge is 0.461 e. The number of carbonyl (C=O) groups excluding carboxylic acids is 1. The second kappa shape index (κ2) is 5.68. The highest BCUT2D eigenvalue weighted by Crippen LogP contribution is 2.16. The first-order valence-corrected chi connectivity index (χ1v) is 6.71. The molecule has 0 amide bonds. The van der Waals surface area contributed by atoms with Gasteiger partial charge in [-0.05, 0) is 37.4 Å². The lowest BCUT2D eigenvalue weighted by Crippen LogP contribution is -2.06. The number of nitrogens with zero attached hydrogens (tertiary/aromatic N) is 3. The summed E-state index contributed by atoms with van der Waals surface area (Å²) in [5, 5.41) is 8.12. The first kappa shape index (κ1) is 12.6. The van der Waals surface area contributed by atoms with Gasteiger partial charge in [0.25, 0.3) is 0 Å². The zero-order valence-electron chi connectivity index (χ0n) is 10.2. The van der Waals surface area contributed by atoms with Gasteiger partial charge in [0, 0.05) is 4.90 Å². The number of ether oxygens (including phenoxy) is 1. The Balaban J connectivity index is 2.20. The first-order chi connectivity index (χ1) is 8.74. The Morgan fingerprint density at radius 1 is 1.39 bits per heavy atom. The normalized spacial score (nSPS) is 10.3. The number of hydrogen-bond acceptors (Lipinski definition) is 5. The average Bonchev–Trinajstić information content (AvgIpc) is 2.89. The summed E-state index contributed by atoms with van der Waals surface area (Å²) in [6, 6.07) is 7.77. The SMILES string of the molecule is CCOC(=O)c1cnn(-c2ccc(SC)cc2)n1. The summed E-state index contributed by atoms with van der Waals surface area (Å²) in [4.78, 5) is 14.0. The predicted octanol–water partition coefficient (Wildman–Crippen LogP) is 2.17. The van der Waals surface area contributed by atoms with Gasteiger partial charge in [-0.2, -0.15) is 9.90 Å². The number of esters is 1. The second-order valence-electron chi connectivity index (χ2n) is 3.44. The van der Waals surface area contributed by atoms with E-state index in [1.165, 1.54) is 11.0 Å². The van der Waals surface area contributed by atoms with Crippen LogP contribution >= 0.6 is 11.8 Å². The van der Waals surface area contributed by atoms with Crippen molar-refractivity contribution >= 4 is 17.7 Å². The molecule has 0 radical (unpaired) electrons. The molecule has 6 heteroatoms. The molecular formula is C12H13N3O2S. The van der Waals surface area contributed by atoms with Crippen molar-refractivity contribution in [2.75, 3.05) is 12.9 Å². The highest BCUT2D eigenvalue weighted by molar-refractivity contribution is 7.98. The topological polar surface area (TPSA) is 57.0 Å². The van der Waals surface area contributed by atoms with E-state index in [-0.39, 0.29) is 5.69 Å². The Kier molecular flexibility index (Phi) is 3.99. The summed E-state index contributed by atoms with van der Waals surface area (Å²) >= 11 is 1.67. The third-order valence-corrected chi connectivity index (χ3v) is 3.02. The summed E-state index contributed by atoms with van der Waals surface area (Å²) in [5.74, 6) is -0.454. The van der Waals surface area contributed by atoms with Gasteiger partial charge in [0.1, 0.15) is 0 Å². The van der Waals surface area contributed by atoms with E-state index in [9.17, 15) is 4.79 Å². The van der Waals surface area contributed by atoms with E-state index in [0.717, 1.165) is 10.6 Å². The van der Waals surface area contributed by atoms with Gasteiger partial charge < -0.3 is 4.74 Å². The van der Waals surface area contributed by atoms with Crippen LogP contribution in [-0.4, -0.2) is 33.8 Å². The van der Waals surface area contributed by atoms with Crippen molar-refractivity contribution in [1.29, 1.82) is 0 Å². The monoisotopic (exact) mass is 263 g/mol. The van der Waals surface area contributed by atoms with Gasteiger partial charge in [-0.1, -0.05) is 0 Å². The third-order valence-electron chi connectivity index (χ3n) is 2.28. The molecule has 18 heavy (non-hydrogen) atoms. The standard InChI is InChI=1S/C12H13N3O2S/c1-3-17-12(16)11-8-13-15(14-11)9-4-6-10(18-2)7-5-9/h4-8H,3H2,1-2H3. The summed E-state index contributed by atoms with van der Waals surface area (Å²) in [7, 11) is 0. The molecule has 0 saturated heterocycles. The lowest BCUT2D eigenvalue weighted by Gasteiger charge is -2.00. The fraction of sp³-hybridized carbons (Fsp3) is 0.250. The van der Waals surface area contributed by atoms with Crippen molar-refractivity contribution in [2.45, 2.75) is 11.8 Å². The molecule has 0 atom stereocenters. The summed E-state index contributed by atoms with van der Waals surface area (Å²) in [6.07, 6.45) is 3.42.